The molecule has 0 spiro atoms. The number of carbonyl (C=O) groups excluding carboxylic acids is 2. The summed E-state index contributed by atoms with van der Waals surface area (Å²) in [5.41, 5.74) is 4.06. The molecule has 1 aliphatic carbocycles. The number of allylic oxidation sites excluding steroid dienone is 1. The first-order valence-electron chi connectivity index (χ1n) is 19.0. The number of aliphatic carboxylic acids is 1. The molecule has 3 aromatic rings. The topological polar surface area (TPSA) is 113 Å². The minimum Gasteiger partial charge on any atom is -0.507 e. The number of rotatable bonds is 15. The highest BCUT2D eigenvalue weighted by molar-refractivity contribution is 6.99. The van der Waals surface area contributed by atoms with Crippen LogP contribution in [0.15, 0.2) is 102 Å². The van der Waals surface area contributed by atoms with E-state index < -0.39 is 26.1 Å². The third kappa shape index (κ3) is 7.98. The number of phenols is 1. The monoisotopic (exact) mass is 735 g/mol. The van der Waals surface area contributed by atoms with E-state index in [0.717, 1.165) is 28.7 Å². The van der Waals surface area contributed by atoms with Crippen LogP contribution in [0.2, 0.25) is 5.04 Å². The number of amides is 2. The van der Waals surface area contributed by atoms with Gasteiger partial charge in [0.2, 0.25) is 11.8 Å². The quantitative estimate of drug-likeness (QED) is 0.0741. The highest BCUT2D eigenvalue weighted by atomic mass is 28.4. The standard InChI is InChI=1S/C44H53NO7Si/c1-30(26-31-16-13-14-21-37(31)46)23-24-38-40-32(28-52-53(44(2,3)4,33-17-8-5-9-18-33)34-19-10-6-11-20-34)27-35-41(36(40)29-51-38)43(50)45(42(35)49)25-15-7-12-22-39(47)48/h5-6,8-11,13-14,16-21,26,35-36,38,41,46H,7,12,15,22-25,27-29H2,1-4H3,(H,47,48)/b30-26+/t35-,36+,38-,41-/m1/s1. The number of hydrogen-bond acceptors (Lipinski definition) is 6. The number of para-hydroxylation sites is 1. The predicted molar refractivity (Wildman–Crippen MR) is 209 cm³/mol. The average molecular weight is 736 g/mol. The Hall–Kier alpha value is -4.31. The lowest BCUT2D eigenvalue weighted by molar-refractivity contribution is -0.141. The first-order valence-corrected chi connectivity index (χ1v) is 20.9. The lowest BCUT2D eigenvalue weighted by Crippen LogP contribution is -2.66. The summed E-state index contributed by atoms with van der Waals surface area (Å²) in [6.45, 7) is 9.84. The van der Waals surface area contributed by atoms with E-state index in [1.165, 1.54) is 15.3 Å². The van der Waals surface area contributed by atoms with E-state index >= 15 is 0 Å². The Morgan fingerprint density at radius 1 is 0.887 bits per heavy atom. The molecule has 2 fully saturated rings. The molecule has 9 heteroatoms. The summed E-state index contributed by atoms with van der Waals surface area (Å²) in [5, 5.41) is 21.5. The number of imide groups is 1. The van der Waals surface area contributed by atoms with E-state index in [1.54, 1.807) is 6.07 Å². The van der Waals surface area contributed by atoms with Crippen molar-refractivity contribution < 1.29 is 33.8 Å². The third-order valence-corrected chi connectivity index (χ3v) is 16.4. The SMILES string of the molecule is C/C(=C\c1ccccc1O)CC[C@H]1OC[C@H]2C1=C(CO[Si](c1ccccc1)(c1ccccc1)C(C)(C)C)C[C@H]1C(=O)N(CCCCCC(=O)O)C(=O)[C@H]12. The first kappa shape index (κ1) is 38.4. The van der Waals surface area contributed by atoms with Crippen LogP contribution in [0.25, 0.3) is 6.08 Å². The predicted octanol–water partition coefficient (Wildman–Crippen LogP) is 7.11. The van der Waals surface area contributed by atoms with E-state index in [1.807, 2.05) is 36.4 Å². The first-order chi connectivity index (χ1) is 25.4. The van der Waals surface area contributed by atoms with Crippen LogP contribution in [0.4, 0.5) is 0 Å². The number of carboxylic acid groups (broad SMARTS) is 1. The van der Waals surface area contributed by atoms with Gasteiger partial charge in [-0.2, -0.15) is 0 Å². The van der Waals surface area contributed by atoms with Crippen molar-refractivity contribution in [3.05, 3.63) is 107 Å². The van der Waals surface area contributed by atoms with Crippen LogP contribution in [0.5, 0.6) is 5.75 Å². The molecule has 4 atom stereocenters. The van der Waals surface area contributed by atoms with E-state index in [0.29, 0.717) is 51.9 Å². The number of carboxylic acids is 1. The summed E-state index contributed by atoms with van der Waals surface area (Å²) in [6.07, 6.45) is 5.50. The molecule has 2 saturated heterocycles. The summed E-state index contributed by atoms with van der Waals surface area (Å²) in [7, 11) is -2.91. The number of benzene rings is 3. The number of phenolic OH excluding ortho intramolecular Hbond substituents is 1. The highest BCUT2D eigenvalue weighted by Gasteiger charge is 2.57. The number of fused-ring (bicyclic) bond motifs is 3. The van der Waals surface area contributed by atoms with Crippen molar-refractivity contribution in [1.29, 1.82) is 0 Å². The summed E-state index contributed by atoms with van der Waals surface area (Å²) in [4.78, 5) is 40.6. The van der Waals surface area contributed by atoms with Crippen molar-refractivity contribution in [3.63, 3.8) is 0 Å². The highest BCUT2D eigenvalue weighted by Crippen LogP contribution is 2.50. The Balaban J connectivity index is 1.33. The number of likely N-dealkylation sites (tertiary alicyclic amines) is 1. The molecule has 0 radical (unpaired) electrons. The van der Waals surface area contributed by atoms with Gasteiger partial charge >= 0.3 is 5.97 Å². The van der Waals surface area contributed by atoms with Crippen molar-refractivity contribution in [2.75, 3.05) is 19.8 Å². The normalized spacial score (nSPS) is 22.0. The van der Waals surface area contributed by atoms with Crippen molar-refractivity contribution in [2.24, 2.45) is 17.8 Å². The number of unbranched alkanes of at least 4 members (excludes halogenated alkanes) is 2. The Morgan fingerprint density at radius 2 is 1.53 bits per heavy atom. The number of carbonyl (C=O) groups is 3. The van der Waals surface area contributed by atoms with Crippen LogP contribution in [0.3, 0.4) is 0 Å². The Kier molecular flexibility index (Phi) is 11.9. The molecule has 2 heterocycles. The van der Waals surface area contributed by atoms with Gasteiger partial charge in [0.05, 0.1) is 31.2 Å². The molecule has 2 aliphatic heterocycles. The van der Waals surface area contributed by atoms with Crippen LogP contribution < -0.4 is 10.4 Å². The fourth-order valence-electron chi connectivity index (χ4n) is 8.88. The average Bonchev–Trinajstić information content (AvgIpc) is 3.66. The molecule has 8 nitrogen and oxygen atoms in total. The lowest BCUT2D eigenvalue weighted by Gasteiger charge is -2.44. The molecule has 0 bridgehead atoms. The number of hydrogen-bond donors (Lipinski definition) is 2. The van der Waals surface area contributed by atoms with Crippen LogP contribution in [0.1, 0.15) is 78.2 Å². The number of ether oxygens (including phenoxy) is 1. The fourth-order valence-corrected chi connectivity index (χ4v) is 13.4. The Labute approximate surface area is 314 Å². The molecular formula is C44H53NO7Si. The smallest absolute Gasteiger partial charge is 0.303 e. The molecule has 3 aromatic carbocycles. The molecule has 280 valence electrons. The summed E-state index contributed by atoms with van der Waals surface area (Å²) in [6, 6.07) is 28.4. The molecule has 0 saturated carbocycles. The minimum atomic E-state index is -2.91. The van der Waals surface area contributed by atoms with E-state index in [-0.39, 0.29) is 41.0 Å². The molecule has 2 N–H and O–H groups in total. The zero-order valence-corrected chi connectivity index (χ0v) is 32.4. The van der Waals surface area contributed by atoms with Gasteiger partial charge in [-0.25, -0.2) is 0 Å². The maximum absolute atomic E-state index is 14.1. The molecule has 6 rings (SSSR count). The van der Waals surface area contributed by atoms with Gasteiger partial charge in [0.1, 0.15) is 5.75 Å². The Bertz CT molecular complexity index is 1810. The minimum absolute atomic E-state index is 0.0804. The molecule has 53 heavy (non-hydrogen) atoms. The van der Waals surface area contributed by atoms with Gasteiger partial charge in [0.15, 0.2) is 0 Å². The number of aromatic hydroxyl groups is 1. The molecule has 0 aromatic heterocycles. The second-order valence-electron chi connectivity index (χ2n) is 15.9. The number of nitrogens with zero attached hydrogens (tertiary/aromatic N) is 1. The lowest BCUT2D eigenvalue weighted by atomic mass is 9.69. The van der Waals surface area contributed by atoms with Crippen molar-refractivity contribution in [1.82, 2.24) is 4.90 Å². The molecule has 3 aliphatic rings. The van der Waals surface area contributed by atoms with Crippen molar-refractivity contribution in [3.8, 4) is 5.75 Å². The van der Waals surface area contributed by atoms with Gasteiger partial charge in [0.25, 0.3) is 8.32 Å². The van der Waals surface area contributed by atoms with Gasteiger partial charge < -0.3 is 19.4 Å². The van der Waals surface area contributed by atoms with Gasteiger partial charge in [-0.3, -0.25) is 19.3 Å². The van der Waals surface area contributed by atoms with Gasteiger partial charge in [-0.15, -0.1) is 0 Å². The largest absolute Gasteiger partial charge is 0.507 e. The van der Waals surface area contributed by atoms with Crippen molar-refractivity contribution in [2.45, 2.75) is 83.8 Å². The van der Waals surface area contributed by atoms with Crippen molar-refractivity contribution >= 4 is 42.6 Å². The van der Waals surface area contributed by atoms with Gasteiger partial charge in [-0.1, -0.05) is 118 Å². The molecule has 2 amide bonds. The third-order valence-electron chi connectivity index (χ3n) is 11.4. The summed E-state index contributed by atoms with van der Waals surface area (Å²) < 4.78 is 14.0. The van der Waals surface area contributed by atoms with E-state index in [4.69, 9.17) is 14.3 Å². The van der Waals surface area contributed by atoms with E-state index in [2.05, 4.69) is 76.2 Å². The molecule has 0 unspecified atom stereocenters. The second-order valence-corrected chi connectivity index (χ2v) is 20.2. The van der Waals surface area contributed by atoms with Crippen LogP contribution in [0, 0.1) is 17.8 Å². The zero-order valence-electron chi connectivity index (χ0n) is 31.4. The zero-order chi connectivity index (χ0) is 37.8. The van der Waals surface area contributed by atoms with Crippen LogP contribution >= 0.6 is 0 Å². The summed E-state index contributed by atoms with van der Waals surface area (Å²) >= 11 is 0. The fraction of sp³-hybridized carbons (Fsp3) is 0.432. The Morgan fingerprint density at radius 3 is 2.15 bits per heavy atom. The molecular weight excluding hydrogens is 683 g/mol. The second kappa shape index (κ2) is 16.4. The van der Waals surface area contributed by atoms with Gasteiger partial charge in [0, 0.05) is 24.4 Å². The maximum atomic E-state index is 14.1. The van der Waals surface area contributed by atoms with Crippen LogP contribution in [-0.4, -0.2) is 67.1 Å². The maximum Gasteiger partial charge on any atom is 0.303 e. The van der Waals surface area contributed by atoms with Crippen LogP contribution in [-0.2, 0) is 23.5 Å². The summed E-state index contributed by atoms with van der Waals surface area (Å²) in [5.74, 6) is -2.03. The van der Waals surface area contributed by atoms with Gasteiger partial charge in [-0.05, 0) is 71.7 Å². The van der Waals surface area contributed by atoms with E-state index in [9.17, 15) is 19.5 Å².